The Morgan fingerprint density at radius 2 is 1.76 bits per heavy atom. The molecule has 0 bridgehead atoms. The normalized spacial score (nSPS) is 17.6. The maximum absolute atomic E-state index is 13.3. The van der Waals surface area contributed by atoms with Crippen LogP contribution < -0.4 is 4.72 Å². The zero-order chi connectivity index (χ0) is 24.1. The molecule has 0 aliphatic carbocycles. The molecule has 1 heterocycles. The first-order chi connectivity index (χ1) is 15.5. The van der Waals surface area contributed by atoms with Crippen molar-refractivity contribution < 1.29 is 13.2 Å². The Morgan fingerprint density at radius 3 is 2.39 bits per heavy atom. The molecule has 1 atom stereocenters. The third-order valence-electron chi connectivity index (χ3n) is 6.15. The summed E-state index contributed by atoms with van der Waals surface area (Å²) in [5.74, 6) is 0.288. The maximum atomic E-state index is 13.3. The Kier molecular flexibility index (Phi) is 8.32. The van der Waals surface area contributed by atoms with E-state index in [1.54, 1.807) is 24.3 Å². The molecule has 6 nitrogen and oxygen atoms in total. The fourth-order valence-corrected chi connectivity index (χ4v) is 5.35. The molecule has 1 saturated heterocycles. The van der Waals surface area contributed by atoms with Crippen molar-refractivity contribution in [2.75, 3.05) is 26.2 Å². The minimum atomic E-state index is -3.53. The van der Waals surface area contributed by atoms with Gasteiger partial charge in [-0.15, -0.1) is 0 Å². The van der Waals surface area contributed by atoms with E-state index in [4.69, 9.17) is 0 Å². The number of likely N-dealkylation sites (tertiary alicyclic amines) is 1. The van der Waals surface area contributed by atoms with Crippen LogP contribution in [0.4, 0.5) is 0 Å². The number of nitrogens with zero attached hydrogens (tertiary/aromatic N) is 2. The van der Waals surface area contributed by atoms with E-state index >= 15 is 0 Å². The number of piperidine rings is 1. The average molecular weight is 472 g/mol. The van der Waals surface area contributed by atoms with Gasteiger partial charge in [0, 0.05) is 25.2 Å². The Labute approximate surface area is 199 Å². The number of benzene rings is 2. The fourth-order valence-electron chi connectivity index (χ4n) is 4.23. The first-order valence-corrected chi connectivity index (χ1v) is 13.2. The van der Waals surface area contributed by atoms with Crippen molar-refractivity contribution in [3.63, 3.8) is 0 Å². The van der Waals surface area contributed by atoms with Gasteiger partial charge in [0.05, 0.1) is 11.4 Å². The van der Waals surface area contributed by atoms with Gasteiger partial charge in [-0.2, -0.15) is 0 Å². The lowest BCUT2D eigenvalue weighted by atomic mass is 9.98. The Bertz CT molecular complexity index is 1010. The predicted molar refractivity (Wildman–Crippen MR) is 132 cm³/mol. The van der Waals surface area contributed by atoms with Gasteiger partial charge < -0.3 is 4.90 Å². The van der Waals surface area contributed by atoms with E-state index in [0.29, 0.717) is 26.2 Å². The first-order valence-electron chi connectivity index (χ1n) is 11.7. The highest BCUT2D eigenvalue weighted by Crippen LogP contribution is 2.21. The van der Waals surface area contributed by atoms with Crippen LogP contribution in [0.15, 0.2) is 59.5 Å². The van der Waals surface area contributed by atoms with Gasteiger partial charge >= 0.3 is 0 Å². The molecule has 1 amide bonds. The van der Waals surface area contributed by atoms with Gasteiger partial charge in [-0.3, -0.25) is 9.69 Å². The second-order valence-corrected chi connectivity index (χ2v) is 11.8. The second kappa shape index (κ2) is 10.8. The molecule has 3 rings (SSSR count). The van der Waals surface area contributed by atoms with Crippen molar-refractivity contribution in [3.05, 3.63) is 65.7 Å². The first kappa shape index (κ1) is 25.4. The summed E-state index contributed by atoms with van der Waals surface area (Å²) >= 11 is 0. The number of aryl methyl sites for hydroxylation is 1. The topological polar surface area (TPSA) is 69.7 Å². The van der Waals surface area contributed by atoms with Gasteiger partial charge in [0.25, 0.3) is 0 Å². The molecular formula is C26H37N3O3S. The summed E-state index contributed by atoms with van der Waals surface area (Å²) < 4.78 is 28.0. The third-order valence-corrected chi connectivity index (χ3v) is 7.59. The van der Waals surface area contributed by atoms with E-state index in [1.165, 1.54) is 0 Å². The summed E-state index contributed by atoms with van der Waals surface area (Å²) in [6.45, 7) is 11.0. The number of hydrogen-bond acceptors (Lipinski definition) is 4. The number of carbonyl (C=O) groups excluding carboxylic acids is 1. The van der Waals surface area contributed by atoms with Gasteiger partial charge in [-0.05, 0) is 70.7 Å². The second-order valence-electron chi connectivity index (χ2n) is 10.0. The monoisotopic (exact) mass is 471 g/mol. The van der Waals surface area contributed by atoms with Gasteiger partial charge in [-0.25, -0.2) is 13.1 Å². The molecule has 1 N–H and O–H groups in total. The van der Waals surface area contributed by atoms with E-state index in [-0.39, 0.29) is 22.3 Å². The molecule has 180 valence electrons. The molecule has 0 spiro atoms. The summed E-state index contributed by atoms with van der Waals surface area (Å²) in [7, 11) is -3.53. The zero-order valence-corrected chi connectivity index (χ0v) is 21.1. The molecule has 2 aromatic carbocycles. The number of nitrogens with one attached hydrogen (secondary N) is 1. The summed E-state index contributed by atoms with van der Waals surface area (Å²) in [6.07, 6.45) is 1.91. The minimum absolute atomic E-state index is 0.104. The van der Waals surface area contributed by atoms with Crippen molar-refractivity contribution in [1.29, 1.82) is 0 Å². The van der Waals surface area contributed by atoms with Crippen molar-refractivity contribution in [1.82, 2.24) is 14.5 Å². The molecule has 0 aromatic heterocycles. The molecule has 1 aliphatic rings. The SMILES string of the molecule is Cc1ccc(S(=O)(=O)NCC2CCCN(CC(=O)N(Cc3ccccc3)C(C)(C)C)C2)cc1. The molecule has 2 aromatic rings. The lowest BCUT2D eigenvalue weighted by Gasteiger charge is -2.39. The lowest BCUT2D eigenvalue weighted by molar-refractivity contribution is -0.138. The number of carbonyl (C=O) groups is 1. The number of amides is 1. The average Bonchev–Trinajstić information content (AvgIpc) is 2.76. The van der Waals surface area contributed by atoms with E-state index in [9.17, 15) is 13.2 Å². The van der Waals surface area contributed by atoms with Crippen LogP contribution >= 0.6 is 0 Å². The number of hydrogen-bond donors (Lipinski definition) is 1. The summed E-state index contributed by atoms with van der Waals surface area (Å²) in [5.41, 5.74) is 1.85. The molecular weight excluding hydrogens is 434 g/mol. The van der Waals surface area contributed by atoms with Gasteiger partial charge in [0.2, 0.25) is 15.9 Å². The summed E-state index contributed by atoms with van der Waals surface area (Å²) in [5, 5.41) is 0. The van der Waals surface area contributed by atoms with Gasteiger partial charge in [-0.1, -0.05) is 48.0 Å². The van der Waals surface area contributed by atoms with Crippen LogP contribution in [0.2, 0.25) is 0 Å². The summed E-state index contributed by atoms with van der Waals surface area (Å²) in [6, 6.07) is 16.9. The third kappa shape index (κ3) is 7.39. The van der Waals surface area contributed by atoms with E-state index < -0.39 is 10.0 Å². The van der Waals surface area contributed by atoms with Gasteiger partial charge in [0.15, 0.2) is 0 Å². The smallest absolute Gasteiger partial charge is 0.240 e. The van der Waals surface area contributed by atoms with Crippen LogP contribution in [0, 0.1) is 12.8 Å². The van der Waals surface area contributed by atoms with Crippen molar-refractivity contribution in [2.24, 2.45) is 5.92 Å². The largest absolute Gasteiger partial charge is 0.332 e. The van der Waals surface area contributed by atoms with E-state index in [0.717, 1.165) is 30.5 Å². The van der Waals surface area contributed by atoms with Crippen molar-refractivity contribution in [3.8, 4) is 0 Å². The zero-order valence-electron chi connectivity index (χ0n) is 20.3. The standard InChI is InChI=1S/C26H37N3O3S/c1-21-12-14-24(15-13-21)33(31,32)27-17-23-11-8-16-28(18-23)20-25(30)29(26(2,3)4)19-22-9-6-5-7-10-22/h5-7,9-10,12-15,23,27H,8,11,16-20H2,1-4H3. The quantitative estimate of drug-likeness (QED) is 0.636. The fraction of sp³-hybridized carbons (Fsp3) is 0.500. The number of rotatable bonds is 8. The van der Waals surface area contributed by atoms with Crippen LogP contribution in [0.1, 0.15) is 44.7 Å². The van der Waals surface area contributed by atoms with Crippen molar-refractivity contribution in [2.45, 2.75) is 57.5 Å². The Balaban J connectivity index is 1.57. The van der Waals surface area contributed by atoms with Crippen LogP contribution in [0.3, 0.4) is 0 Å². The van der Waals surface area contributed by atoms with Crippen LogP contribution in [-0.4, -0.2) is 55.8 Å². The maximum Gasteiger partial charge on any atom is 0.240 e. The lowest BCUT2D eigenvalue weighted by Crippen LogP contribution is -2.51. The Morgan fingerprint density at radius 1 is 1.09 bits per heavy atom. The van der Waals surface area contributed by atoms with Crippen LogP contribution in [0.25, 0.3) is 0 Å². The summed E-state index contributed by atoms with van der Waals surface area (Å²) in [4.78, 5) is 17.7. The van der Waals surface area contributed by atoms with E-state index in [1.807, 2.05) is 42.2 Å². The highest BCUT2D eigenvalue weighted by atomic mass is 32.2. The highest BCUT2D eigenvalue weighted by Gasteiger charge is 2.30. The van der Waals surface area contributed by atoms with Gasteiger partial charge in [0.1, 0.15) is 0 Å². The highest BCUT2D eigenvalue weighted by molar-refractivity contribution is 7.89. The van der Waals surface area contributed by atoms with Crippen LogP contribution in [-0.2, 0) is 21.4 Å². The molecule has 0 radical (unpaired) electrons. The molecule has 0 saturated carbocycles. The molecule has 33 heavy (non-hydrogen) atoms. The number of sulfonamides is 1. The predicted octanol–water partition coefficient (Wildman–Crippen LogP) is 3.81. The van der Waals surface area contributed by atoms with Crippen molar-refractivity contribution >= 4 is 15.9 Å². The minimum Gasteiger partial charge on any atom is -0.332 e. The molecule has 7 heteroatoms. The molecule has 1 unspecified atom stereocenters. The Hall–Kier alpha value is -2.22. The van der Waals surface area contributed by atoms with E-state index in [2.05, 4.69) is 30.4 Å². The van der Waals surface area contributed by atoms with Crippen LogP contribution in [0.5, 0.6) is 0 Å². The molecule has 1 fully saturated rings. The molecule has 1 aliphatic heterocycles.